The minimum Gasteiger partial charge on any atom is -0.0951 e. The Morgan fingerprint density at radius 1 is 1.13 bits per heavy atom. The molecule has 0 radical (unpaired) electrons. The van der Waals surface area contributed by atoms with Crippen molar-refractivity contribution in [3.05, 3.63) is 12.2 Å². The summed E-state index contributed by atoms with van der Waals surface area (Å²) >= 11 is 0. The Morgan fingerprint density at radius 2 is 1.93 bits per heavy atom. The third-order valence-corrected chi connectivity index (χ3v) is 3.07. The minimum absolute atomic E-state index is 0.694. The van der Waals surface area contributed by atoms with E-state index in [9.17, 15) is 0 Å². The van der Waals surface area contributed by atoms with Gasteiger partial charge in [0.05, 0.1) is 0 Å². The smallest absolute Gasteiger partial charge is 0.0206 e. The summed E-state index contributed by atoms with van der Waals surface area (Å²) in [6.07, 6.45) is 16.3. The Morgan fingerprint density at radius 3 is 2.67 bits per heavy atom. The minimum atomic E-state index is 0.694. The Hall–Kier alpha value is -0.700. The second-order valence-corrected chi connectivity index (χ2v) is 4.52. The van der Waals surface area contributed by atoms with E-state index in [1.807, 2.05) is 0 Å². The van der Waals surface area contributed by atoms with Crippen molar-refractivity contribution in [2.24, 2.45) is 5.92 Å². The molecule has 0 aromatic carbocycles. The van der Waals surface area contributed by atoms with Gasteiger partial charge in [-0.05, 0) is 31.8 Å². The summed E-state index contributed by atoms with van der Waals surface area (Å²) in [5, 5.41) is 0. The fourth-order valence-electron chi connectivity index (χ4n) is 2.07. The van der Waals surface area contributed by atoms with Gasteiger partial charge in [0.2, 0.25) is 0 Å². The molecule has 0 unspecified atom stereocenters. The van der Waals surface area contributed by atoms with Gasteiger partial charge in [0.25, 0.3) is 0 Å². The Labute approximate surface area is 95.2 Å². The normalized spacial score (nSPS) is 17.7. The van der Waals surface area contributed by atoms with Crippen LogP contribution in [0.4, 0.5) is 0 Å². The van der Waals surface area contributed by atoms with Gasteiger partial charge in [-0.3, -0.25) is 0 Å². The first-order valence-electron chi connectivity index (χ1n) is 6.59. The summed E-state index contributed by atoms with van der Waals surface area (Å²) < 4.78 is 0. The zero-order chi connectivity index (χ0) is 10.8. The molecule has 0 spiro atoms. The van der Waals surface area contributed by atoms with Crippen LogP contribution in [-0.4, -0.2) is 0 Å². The van der Waals surface area contributed by atoms with E-state index in [0.717, 1.165) is 0 Å². The molecule has 0 aromatic heterocycles. The predicted octanol–water partition coefficient (Wildman–Crippen LogP) is 4.71. The molecule has 0 nitrogen and oxygen atoms in total. The SMILES string of the molecule is CCCCC/C=C/C#CC1CCCCC1. The highest BCUT2D eigenvalue weighted by Crippen LogP contribution is 2.22. The maximum absolute atomic E-state index is 3.38. The summed E-state index contributed by atoms with van der Waals surface area (Å²) in [6.45, 7) is 2.24. The van der Waals surface area contributed by atoms with Crippen LogP contribution in [0.25, 0.3) is 0 Å². The number of allylic oxidation sites excluding steroid dienone is 2. The molecule has 0 atom stereocenters. The molecule has 0 heterocycles. The lowest BCUT2D eigenvalue weighted by Crippen LogP contribution is -2.02. The molecule has 0 saturated heterocycles. The molecular weight excluding hydrogens is 180 g/mol. The first-order valence-corrected chi connectivity index (χ1v) is 6.59. The predicted molar refractivity (Wildman–Crippen MR) is 67.6 cm³/mol. The van der Waals surface area contributed by atoms with Crippen LogP contribution in [0.1, 0.15) is 64.7 Å². The monoisotopic (exact) mass is 204 g/mol. The maximum atomic E-state index is 3.38. The topological polar surface area (TPSA) is 0 Å². The second-order valence-electron chi connectivity index (χ2n) is 4.52. The Balaban J connectivity index is 2.08. The largest absolute Gasteiger partial charge is 0.0951 e. The van der Waals surface area contributed by atoms with Crippen molar-refractivity contribution in [2.45, 2.75) is 64.7 Å². The number of rotatable bonds is 4. The van der Waals surface area contributed by atoms with Crippen LogP contribution < -0.4 is 0 Å². The van der Waals surface area contributed by atoms with E-state index in [1.165, 1.54) is 57.8 Å². The molecule has 0 bridgehead atoms. The van der Waals surface area contributed by atoms with E-state index in [1.54, 1.807) is 0 Å². The molecule has 1 aliphatic carbocycles. The molecule has 0 amide bonds. The molecule has 15 heavy (non-hydrogen) atoms. The van der Waals surface area contributed by atoms with Gasteiger partial charge in [0.15, 0.2) is 0 Å². The van der Waals surface area contributed by atoms with Gasteiger partial charge >= 0.3 is 0 Å². The lowest BCUT2D eigenvalue weighted by atomic mass is 9.90. The number of hydrogen-bond acceptors (Lipinski definition) is 0. The van der Waals surface area contributed by atoms with Crippen molar-refractivity contribution in [2.75, 3.05) is 0 Å². The van der Waals surface area contributed by atoms with Crippen molar-refractivity contribution in [3.8, 4) is 11.8 Å². The molecule has 0 aliphatic heterocycles. The van der Waals surface area contributed by atoms with Crippen LogP contribution in [0.2, 0.25) is 0 Å². The highest BCUT2D eigenvalue weighted by molar-refractivity contribution is 5.17. The molecule has 1 rings (SSSR count). The molecule has 1 aliphatic rings. The van der Waals surface area contributed by atoms with E-state index in [2.05, 4.69) is 30.9 Å². The summed E-state index contributed by atoms with van der Waals surface area (Å²) in [4.78, 5) is 0. The standard InChI is InChI=1S/C15H24/c1-2-3-4-5-6-7-9-12-15-13-10-8-11-14-15/h6-7,15H,2-5,8,10-11,13-14H2,1H3/b7-6+. The average molecular weight is 204 g/mol. The van der Waals surface area contributed by atoms with Crippen LogP contribution in [0.3, 0.4) is 0 Å². The zero-order valence-corrected chi connectivity index (χ0v) is 10.1. The second kappa shape index (κ2) is 8.60. The average Bonchev–Trinajstić information content (AvgIpc) is 2.29. The quantitative estimate of drug-likeness (QED) is 0.459. The van der Waals surface area contributed by atoms with Crippen LogP contribution in [0.15, 0.2) is 12.2 Å². The molecule has 84 valence electrons. The van der Waals surface area contributed by atoms with E-state index >= 15 is 0 Å². The van der Waals surface area contributed by atoms with Gasteiger partial charge in [-0.15, -0.1) is 0 Å². The Bertz CT molecular complexity index is 220. The van der Waals surface area contributed by atoms with Crippen molar-refractivity contribution >= 4 is 0 Å². The molecule has 0 aromatic rings. The van der Waals surface area contributed by atoms with Crippen molar-refractivity contribution in [1.82, 2.24) is 0 Å². The summed E-state index contributed by atoms with van der Waals surface area (Å²) in [5.41, 5.74) is 0. The summed E-state index contributed by atoms with van der Waals surface area (Å²) in [5.74, 6) is 7.27. The van der Waals surface area contributed by atoms with Crippen LogP contribution in [0, 0.1) is 17.8 Å². The molecule has 0 heteroatoms. The van der Waals surface area contributed by atoms with E-state index < -0.39 is 0 Å². The highest BCUT2D eigenvalue weighted by atomic mass is 14.1. The summed E-state index contributed by atoms with van der Waals surface area (Å²) in [6, 6.07) is 0. The highest BCUT2D eigenvalue weighted by Gasteiger charge is 2.09. The maximum Gasteiger partial charge on any atom is 0.0206 e. The van der Waals surface area contributed by atoms with Gasteiger partial charge in [-0.2, -0.15) is 0 Å². The molecular formula is C15H24. The third-order valence-electron chi connectivity index (χ3n) is 3.07. The van der Waals surface area contributed by atoms with E-state index in [4.69, 9.17) is 0 Å². The van der Waals surface area contributed by atoms with E-state index in [-0.39, 0.29) is 0 Å². The molecule has 0 N–H and O–H groups in total. The fraction of sp³-hybridized carbons (Fsp3) is 0.733. The lowest BCUT2D eigenvalue weighted by Gasteiger charge is -2.15. The Kier molecular flexibility index (Phi) is 7.09. The lowest BCUT2D eigenvalue weighted by molar-refractivity contribution is 0.430. The molecule has 1 fully saturated rings. The zero-order valence-electron chi connectivity index (χ0n) is 10.1. The van der Waals surface area contributed by atoms with Crippen LogP contribution in [0.5, 0.6) is 0 Å². The van der Waals surface area contributed by atoms with Gasteiger partial charge < -0.3 is 0 Å². The van der Waals surface area contributed by atoms with Gasteiger partial charge in [0.1, 0.15) is 0 Å². The van der Waals surface area contributed by atoms with Gasteiger partial charge in [-0.25, -0.2) is 0 Å². The van der Waals surface area contributed by atoms with Gasteiger partial charge in [-0.1, -0.05) is 56.9 Å². The van der Waals surface area contributed by atoms with Crippen LogP contribution in [-0.2, 0) is 0 Å². The van der Waals surface area contributed by atoms with Crippen molar-refractivity contribution in [3.63, 3.8) is 0 Å². The third kappa shape index (κ3) is 6.39. The van der Waals surface area contributed by atoms with Crippen molar-refractivity contribution < 1.29 is 0 Å². The first kappa shape index (κ1) is 12.4. The first-order chi connectivity index (χ1) is 7.43. The van der Waals surface area contributed by atoms with E-state index in [0.29, 0.717) is 5.92 Å². The van der Waals surface area contributed by atoms with Gasteiger partial charge in [0, 0.05) is 5.92 Å². The van der Waals surface area contributed by atoms with Crippen molar-refractivity contribution in [1.29, 1.82) is 0 Å². The fourth-order valence-corrected chi connectivity index (χ4v) is 2.07. The number of unbranched alkanes of at least 4 members (excludes halogenated alkanes) is 3. The number of hydrogen-bond donors (Lipinski definition) is 0. The summed E-state index contributed by atoms with van der Waals surface area (Å²) in [7, 11) is 0. The van der Waals surface area contributed by atoms with Crippen LogP contribution >= 0.6 is 0 Å². The molecule has 1 saturated carbocycles.